The normalized spacial score (nSPS) is 9.79. The number of ether oxygens (including phenoxy) is 1. The third kappa shape index (κ3) is 4.92. The molecule has 0 saturated carbocycles. The first kappa shape index (κ1) is 14.9. The summed E-state index contributed by atoms with van der Waals surface area (Å²) in [5.41, 5.74) is 0. The first-order chi connectivity index (χ1) is 9.04. The van der Waals surface area contributed by atoms with Crippen LogP contribution in [0.5, 0.6) is 5.75 Å². The number of nitriles is 1. The summed E-state index contributed by atoms with van der Waals surface area (Å²) in [6.45, 7) is 0.432. The van der Waals surface area contributed by atoms with E-state index in [4.69, 9.17) is 10.00 Å². The molecule has 0 heterocycles. The minimum Gasteiger partial charge on any atom is -0.493 e. The molecule has 0 unspecified atom stereocenters. The monoisotopic (exact) mass is 268 g/mol. The van der Waals surface area contributed by atoms with E-state index >= 15 is 0 Å². The zero-order valence-corrected chi connectivity index (χ0v) is 10.5. The lowest BCUT2D eigenvalue weighted by molar-refractivity contribution is -0.130. The Morgan fingerprint density at radius 1 is 1.42 bits per heavy atom. The summed E-state index contributed by atoms with van der Waals surface area (Å²) in [4.78, 5) is 13.0. The van der Waals surface area contributed by atoms with Crippen molar-refractivity contribution < 1.29 is 18.3 Å². The van der Waals surface area contributed by atoms with Crippen LogP contribution in [0.15, 0.2) is 18.2 Å². The van der Waals surface area contributed by atoms with Crippen molar-refractivity contribution in [2.24, 2.45) is 0 Å². The van der Waals surface area contributed by atoms with Crippen LogP contribution in [-0.2, 0) is 4.79 Å². The maximum Gasteiger partial charge on any atom is 0.225 e. The number of benzene rings is 1. The van der Waals surface area contributed by atoms with Crippen molar-refractivity contribution >= 4 is 5.91 Å². The topological polar surface area (TPSA) is 53.3 Å². The smallest absolute Gasteiger partial charge is 0.225 e. The van der Waals surface area contributed by atoms with E-state index in [0.717, 1.165) is 12.1 Å². The Labute approximate surface area is 110 Å². The summed E-state index contributed by atoms with van der Waals surface area (Å²) in [5, 5.41) is 8.39. The number of nitrogens with zero attached hydrogens (tertiary/aromatic N) is 2. The predicted octanol–water partition coefficient (Wildman–Crippen LogP) is 2.11. The first-order valence-corrected chi connectivity index (χ1v) is 5.73. The Kier molecular flexibility index (Phi) is 5.73. The average molecular weight is 268 g/mol. The van der Waals surface area contributed by atoms with Crippen LogP contribution in [0.2, 0.25) is 0 Å². The van der Waals surface area contributed by atoms with Gasteiger partial charge in [-0.2, -0.15) is 5.26 Å². The maximum absolute atomic E-state index is 12.9. The van der Waals surface area contributed by atoms with E-state index in [-0.39, 0.29) is 31.1 Å². The Bertz CT molecular complexity index is 486. The van der Waals surface area contributed by atoms with Gasteiger partial charge in [-0.1, -0.05) is 0 Å². The highest BCUT2D eigenvalue weighted by molar-refractivity contribution is 5.75. The quantitative estimate of drug-likeness (QED) is 0.794. The van der Waals surface area contributed by atoms with Gasteiger partial charge in [0.1, 0.15) is 5.75 Å². The molecule has 1 rings (SSSR count). The summed E-state index contributed by atoms with van der Waals surface area (Å²) in [6.07, 6.45) is 0.382. The van der Waals surface area contributed by atoms with E-state index in [1.54, 1.807) is 7.05 Å². The highest BCUT2D eigenvalue weighted by Gasteiger charge is 2.09. The number of carbonyl (C=O) groups is 1. The molecule has 0 aliphatic heterocycles. The van der Waals surface area contributed by atoms with Crippen molar-refractivity contribution in [3.05, 3.63) is 29.8 Å². The van der Waals surface area contributed by atoms with E-state index < -0.39 is 11.6 Å². The summed E-state index contributed by atoms with van der Waals surface area (Å²) < 4.78 is 30.7. The summed E-state index contributed by atoms with van der Waals surface area (Å²) >= 11 is 0. The van der Waals surface area contributed by atoms with Crippen LogP contribution in [0.25, 0.3) is 0 Å². The van der Waals surface area contributed by atoms with Crippen LogP contribution in [0.3, 0.4) is 0 Å². The number of carbonyl (C=O) groups excluding carboxylic acids is 1. The van der Waals surface area contributed by atoms with Crippen LogP contribution in [0.4, 0.5) is 8.78 Å². The molecule has 1 amide bonds. The SMILES string of the molecule is CN(CCC#N)C(=O)CCOc1ccc(F)c(F)c1. The van der Waals surface area contributed by atoms with Gasteiger partial charge in [-0.15, -0.1) is 0 Å². The Balaban J connectivity index is 2.35. The molecule has 102 valence electrons. The minimum absolute atomic E-state index is 0.0702. The number of halogens is 2. The van der Waals surface area contributed by atoms with E-state index in [9.17, 15) is 13.6 Å². The van der Waals surface area contributed by atoms with Gasteiger partial charge in [-0.25, -0.2) is 8.78 Å². The molecule has 0 aromatic heterocycles. The van der Waals surface area contributed by atoms with Crippen LogP contribution >= 0.6 is 0 Å². The fourth-order valence-electron chi connectivity index (χ4n) is 1.36. The molecule has 0 spiro atoms. The van der Waals surface area contributed by atoms with Crippen molar-refractivity contribution in [2.75, 3.05) is 20.2 Å². The Morgan fingerprint density at radius 2 is 2.16 bits per heavy atom. The van der Waals surface area contributed by atoms with Crippen LogP contribution in [0.1, 0.15) is 12.8 Å². The molecule has 0 radical (unpaired) electrons. The molecule has 0 N–H and O–H groups in total. The highest BCUT2D eigenvalue weighted by Crippen LogP contribution is 2.15. The molecule has 6 heteroatoms. The van der Waals surface area contributed by atoms with E-state index in [1.165, 1.54) is 11.0 Å². The van der Waals surface area contributed by atoms with E-state index in [0.29, 0.717) is 6.54 Å². The molecule has 0 fully saturated rings. The van der Waals surface area contributed by atoms with Crippen LogP contribution in [0, 0.1) is 23.0 Å². The van der Waals surface area contributed by atoms with Gasteiger partial charge in [0, 0.05) is 19.7 Å². The molecule has 0 saturated heterocycles. The van der Waals surface area contributed by atoms with Crippen molar-refractivity contribution in [3.8, 4) is 11.8 Å². The van der Waals surface area contributed by atoms with E-state index in [2.05, 4.69) is 0 Å². The Morgan fingerprint density at radius 3 is 2.79 bits per heavy atom. The molecule has 1 aromatic rings. The van der Waals surface area contributed by atoms with Gasteiger partial charge in [0.15, 0.2) is 11.6 Å². The first-order valence-electron chi connectivity index (χ1n) is 5.73. The second-order valence-corrected chi connectivity index (χ2v) is 3.90. The third-order valence-corrected chi connectivity index (χ3v) is 2.46. The zero-order chi connectivity index (χ0) is 14.3. The molecule has 1 aromatic carbocycles. The molecular formula is C13H14F2N2O2. The zero-order valence-electron chi connectivity index (χ0n) is 10.5. The van der Waals surface area contributed by atoms with Gasteiger partial charge in [0.05, 0.1) is 25.5 Å². The lowest BCUT2D eigenvalue weighted by Gasteiger charge is -2.15. The lowest BCUT2D eigenvalue weighted by Crippen LogP contribution is -2.28. The molecule has 4 nitrogen and oxygen atoms in total. The number of hydrogen-bond donors (Lipinski definition) is 0. The second-order valence-electron chi connectivity index (χ2n) is 3.90. The van der Waals surface area contributed by atoms with Crippen molar-refractivity contribution in [1.29, 1.82) is 5.26 Å². The minimum atomic E-state index is -0.991. The standard InChI is InChI=1S/C13H14F2N2O2/c1-17(7-2-6-16)13(18)5-8-19-10-3-4-11(14)12(15)9-10/h3-4,9H,2,5,7-8H2,1H3. The van der Waals surface area contributed by atoms with Crippen molar-refractivity contribution in [3.63, 3.8) is 0 Å². The largest absolute Gasteiger partial charge is 0.493 e. The molecular weight excluding hydrogens is 254 g/mol. The molecule has 0 aliphatic rings. The maximum atomic E-state index is 12.9. The summed E-state index contributed by atoms with van der Waals surface area (Å²) in [5.74, 6) is -1.93. The number of rotatable bonds is 6. The molecule has 19 heavy (non-hydrogen) atoms. The van der Waals surface area contributed by atoms with Gasteiger partial charge >= 0.3 is 0 Å². The fourth-order valence-corrected chi connectivity index (χ4v) is 1.36. The van der Waals surface area contributed by atoms with Gasteiger partial charge < -0.3 is 9.64 Å². The van der Waals surface area contributed by atoms with Gasteiger partial charge in [-0.3, -0.25) is 4.79 Å². The predicted molar refractivity (Wildman–Crippen MR) is 64.3 cm³/mol. The third-order valence-electron chi connectivity index (χ3n) is 2.46. The fraction of sp³-hybridized carbons (Fsp3) is 0.385. The van der Waals surface area contributed by atoms with Gasteiger partial charge in [-0.05, 0) is 12.1 Å². The molecule has 0 aliphatic carbocycles. The van der Waals surface area contributed by atoms with E-state index in [1.807, 2.05) is 6.07 Å². The highest BCUT2D eigenvalue weighted by atomic mass is 19.2. The average Bonchev–Trinajstić information content (AvgIpc) is 2.39. The lowest BCUT2D eigenvalue weighted by atomic mass is 10.3. The second kappa shape index (κ2) is 7.31. The van der Waals surface area contributed by atoms with Gasteiger partial charge in [0.25, 0.3) is 0 Å². The van der Waals surface area contributed by atoms with Crippen molar-refractivity contribution in [1.82, 2.24) is 4.90 Å². The van der Waals surface area contributed by atoms with Crippen LogP contribution in [-0.4, -0.2) is 31.0 Å². The van der Waals surface area contributed by atoms with Gasteiger partial charge in [0.2, 0.25) is 5.91 Å². The van der Waals surface area contributed by atoms with Crippen molar-refractivity contribution in [2.45, 2.75) is 12.8 Å². The Hall–Kier alpha value is -2.16. The number of amides is 1. The number of hydrogen-bond acceptors (Lipinski definition) is 3. The van der Waals surface area contributed by atoms with Crippen LogP contribution < -0.4 is 4.74 Å². The summed E-state index contributed by atoms with van der Waals surface area (Å²) in [7, 11) is 1.59. The summed E-state index contributed by atoms with van der Waals surface area (Å²) in [6, 6.07) is 5.13. The molecule has 0 atom stereocenters. The molecule has 0 bridgehead atoms.